The number of rotatable bonds is 2. The van der Waals surface area contributed by atoms with E-state index >= 15 is 0 Å². The topological polar surface area (TPSA) is 38.1 Å². The van der Waals surface area contributed by atoms with E-state index in [0.717, 1.165) is 36.5 Å². The maximum atomic E-state index is 12.9. The molecule has 2 aromatic rings. The van der Waals surface area contributed by atoms with Gasteiger partial charge < -0.3 is 4.90 Å². The van der Waals surface area contributed by atoms with Crippen LogP contribution in [0, 0.1) is 13.8 Å². The smallest absolute Gasteiger partial charge is 0.257 e. The van der Waals surface area contributed by atoms with E-state index in [0.29, 0.717) is 6.54 Å². The number of hydrogen-bond acceptors (Lipinski definition) is 2. The number of nitrogens with zero attached hydrogens (tertiary/aromatic N) is 3. The number of hydrogen-bond donors (Lipinski definition) is 0. The van der Waals surface area contributed by atoms with Crippen LogP contribution in [-0.2, 0) is 19.5 Å². The Labute approximate surface area is 125 Å². The number of aryl methyl sites for hydroxylation is 2. The number of benzene rings is 1. The Hall–Kier alpha value is -2.10. The molecule has 0 bridgehead atoms. The summed E-state index contributed by atoms with van der Waals surface area (Å²) in [4.78, 5) is 14.8. The summed E-state index contributed by atoms with van der Waals surface area (Å²) in [5.41, 5.74) is 5.20. The lowest BCUT2D eigenvalue weighted by molar-refractivity contribution is 0.0733. The SMILES string of the molecule is CCn1nc(C)c(C(=O)N2CCc3ccccc3C2)c1C. The number of carbonyl (C=O) groups is 1. The molecule has 0 spiro atoms. The van der Waals surface area contributed by atoms with Crippen LogP contribution in [0.4, 0.5) is 0 Å². The molecule has 0 saturated heterocycles. The summed E-state index contributed by atoms with van der Waals surface area (Å²) in [7, 11) is 0. The van der Waals surface area contributed by atoms with E-state index in [1.165, 1.54) is 11.1 Å². The zero-order valence-corrected chi connectivity index (χ0v) is 12.9. The predicted molar refractivity (Wildman–Crippen MR) is 82.3 cm³/mol. The quantitative estimate of drug-likeness (QED) is 0.850. The minimum atomic E-state index is 0.110. The fraction of sp³-hybridized carbons (Fsp3) is 0.412. The number of amides is 1. The minimum absolute atomic E-state index is 0.110. The van der Waals surface area contributed by atoms with E-state index in [1.54, 1.807) is 0 Å². The zero-order chi connectivity index (χ0) is 15.0. The second kappa shape index (κ2) is 5.35. The lowest BCUT2D eigenvalue weighted by Crippen LogP contribution is -2.36. The second-order valence-electron chi connectivity index (χ2n) is 5.61. The second-order valence-corrected chi connectivity index (χ2v) is 5.61. The largest absolute Gasteiger partial charge is 0.334 e. The zero-order valence-electron chi connectivity index (χ0n) is 12.9. The highest BCUT2D eigenvalue weighted by Gasteiger charge is 2.26. The molecule has 0 N–H and O–H groups in total. The number of fused-ring (bicyclic) bond motifs is 1. The molecule has 1 aliphatic heterocycles. The van der Waals surface area contributed by atoms with Gasteiger partial charge in [0, 0.05) is 25.3 Å². The van der Waals surface area contributed by atoms with Crippen LogP contribution in [0.15, 0.2) is 24.3 Å². The Morgan fingerprint density at radius 3 is 2.62 bits per heavy atom. The van der Waals surface area contributed by atoms with Crippen molar-refractivity contribution < 1.29 is 4.79 Å². The van der Waals surface area contributed by atoms with Gasteiger partial charge in [-0.3, -0.25) is 9.48 Å². The molecule has 4 heteroatoms. The molecule has 1 amide bonds. The molecule has 0 unspecified atom stereocenters. The molecule has 0 aliphatic carbocycles. The summed E-state index contributed by atoms with van der Waals surface area (Å²) >= 11 is 0. The number of aromatic nitrogens is 2. The van der Waals surface area contributed by atoms with Crippen molar-refractivity contribution in [2.45, 2.75) is 40.3 Å². The molecule has 1 aromatic carbocycles. The van der Waals surface area contributed by atoms with E-state index < -0.39 is 0 Å². The Bertz CT molecular complexity index is 687. The molecule has 2 heterocycles. The van der Waals surface area contributed by atoms with E-state index in [2.05, 4.69) is 23.3 Å². The van der Waals surface area contributed by atoms with E-state index in [-0.39, 0.29) is 5.91 Å². The standard InChI is InChI=1S/C17H21N3O/c1-4-20-13(3)16(12(2)18-20)17(21)19-10-9-14-7-5-6-8-15(14)11-19/h5-8H,4,9-11H2,1-3H3. The first-order valence-electron chi connectivity index (χ1n) is 7.52. The van der Waals surface area contributed by atoms with Gasteiger partial charge in [0.15, 0.2) is 0 Å². The molecular formula is C17H21N3O. The predicted octanol–water partition coefficient (Wildman–Crippen LogP) is 2.72. The van der Waals surface area contributed by atoms with Crippen LogP contribution in [0.3, 0.4) is 0 Å². The Morgan fingerprint density at radius 1 is 1.24 bits per heavy atom. The van der Waals surface area contributed by atoms with Gasteiger partial charge in [0.25, 0.3) is 5.91 Å². The molecule has 4 nitrogen and oxygen atoms in total. The Morgan fingerprint density at radius 2 is 1.95 bits per heavy atom. The van der Waals surface area contributed by atoms with Crippen LogP contribution in [0.2, 0.25) is 0 Å². The van der Waals surface area contributed by atoms with Crippen LogP contribution >= 0.6 is 0 Å². The van der Waals surface area contributed by atoms with Crippen molar-refractivity contribution in [2.75, 3.05) is 6.54 Å². The van der Waals surface area contributed by atoms with Gasteiger partial charge in [-0.25, -0.2) is 0 Å². The van der Waals surface area contributed by atoms with Gasteiger partial charge in [-0.2, -0.15) is 5.10 Å². The molecule has 1 aliphatic rings. The molecule has 0 fully saturated rings. The van der Waals surface area contributed by atoms with Crippen molar-refractivity contribution in [3.8, 4) is 0 Å². The third kappa shape index (κ3) is 2.35. The lowest BCUT2D eigenvalue weighted by Gasteiger charge is -2.29. The van der Waals surface area contributed by atoms with Crippen molar-refractivity contribution in [1.82, 2.24) is 14.7 Å². The fourth-order valence-electron chi connectivity index (χ4n) is 3.14. The lowest BCUT2D eigenvalue weighted by atomic mass is 9.99. The minimum Gasteiger partial charge on any atom is -0.334 e. The average molecular weight is 283 g/mol. The summed E-state index contributed by atoms with van der Waals surface area (Å²) in [5, 5.41) is 4.46. The molecule has 21 heavy (non-hydrogen) atoms. The van der Waals surface area contributed by atoms with Gasteiger partial charge in [-0.1, -0.05) is 24.3 Å². The van der Waals surface area contributed by atoms with Gasteiger partial charge in [0.05, 0.1) is 11.3 Å². The summed E-state index contributed by atoms with van der Waals surface area (Å²) in [6.07, 6.45) is 0.932. The average Bonchev–Trinajstić information content (AvgIpc) is 2.80. The highest BCUT2D eigenvalue weighted by atomic mass is 16.2. The van der Waals surface area contributed by atoms with Crippen LogP contribution in [0.5, 0.6) is 0 Å². The molecule has 3 rings (SSSR count). The Balaban J connectivity index is 1.89. The van der Waals surface area contributed by atoms with E-state index in [4.69, 9.17) is 0 Å². The normalized spacial score (nSPS) is 14.1. The van der Waals surface area contributed by atoms with Gasteiger partial charge >= 0.3 is 0 Å². The van der Waals surface area contributed by atoms with Crippen LogP contribution in [0.25, 0.3) is 0 Å². The third-order valence-corrected chi connectivity index (χ3v) is 4.31. The summed E-state index contributed by atoms with van der Waals surface area (Å²) in [5.74, 6) is 0.110. The maximum Gasteiger partial charge on any atom is 0.257 e. The summed E-state index contributed by atoms with van der Waals surface area (Å²) in [6, 6.07) is 8.38. The first-order valence-corrected chi connectivity index (χ1v) is 7.52. The first kappa shape index (κ1) is 13.9. The highest BCUT2D eigenvalue weighted by molar-refractivity contribution is 5.96. The molecule has 1 aromatic heterocycles. The summed E-state index contributed by atoms with van der Waals surface area (Å²) < 4.78 is 1.90. The number of carbonyl (C=O) groups excluding carboxylic acids is 1. The molecule has 110 valence electrons. The third-order valence-electron chi connectivity index (χ3n) is 4.31. The van der Waals surface area contributed by atoms with Crippen LogP contribution < -0.4 is 0 Å². The molecule has 0 atom stereocenters. The van der Waals surface area contributed by atoms with Gasteiger partial charge in [0.1, 0.15) is 0 Å². The molecule has 0 radical (unpaired) electrons. The summed E-state index contributed by atoms with van der Waals surface area (Å²) in [6.45, 7) is 8.23. The monoisotopic (exact) mass is 283 g/mol. The Kier molecular flexibility index (Phi) is 3.53. The van der Waals surface area contributed by atoms with Crippen molar-refractivity contribution in [1.29, 1.82) is 0 Å². The maximum absolute atomic E-state index is 12.9. The van der Waals surface area contributed by atoms with Crippen LogP contribution in [0.1, 0.15) is 39.8 Å². The van der Waals surface area contributed by atoms with Crippen molar-refractivity contribution in [3.05, 3.63) is 52.3 Å². The van der Waals surface area contributed by atoms with Crippen molar-refractivity contribution in [3.63, 3.8) is 0 Å². The van der Waals surface area contributed by atoms with Gasteiger partial charge in [-0.15, -0.1) is 0 Å². The van der Waals surface area contributed by atoms with E-state index in [1.807, 2.05) is 36.4 Å². The molecule has 0 saturated carbocycles. The van der Waals surface area contributed by atoms with E-state index in [9.17, 15) is 4.79 Å². The fourth-order valence-corrected chi connectivity index (χ4v) is 3.14. The highest BCUT2D eigenvalue weighted by Crippen LogP contribution is 2.22. The van der Waals surface area contributed by atoms with Gasteiger partial charge in [0.2, 0.25) is 0 Å². The molecular weight excluding hydrogens is 262 g/mol. The van der Waals surface area contributed by atoms with Gasteiger partial charge in [-0.05, 0) is 38.3 Å². The van der Waals surface area contributed by atoms with Crippen molar-refractivity contribution >= 4 is 5.91 Å². The first-order chi connectivity index (χ1) is 10.1. The van der Waals surface area contributed by atoms with Crippen LogP contribution in [-0.4, -0.2) is 27.1 Å². The van der Waals surface area contributed by atoms with Crippen molar-refractivity contribution in [2.24, 2.45) is 0 Å².